The van der Waals surface area contributed by atoms with Crippen molar-refractivity contribution in [2.45, 2.75) is 6.61 Å². The minimum Gasteiger partial charge on any atom is -0.454 e. The molecule has 5 rings (SSSR count). The third kappa shape index (κ3) is 3.37. The smallest absolute Gasteiger partial charge is 0.231 e. The molecule has 146 valence electrons. The van der Waals surface area contributed by atoms with Crippen molar-refractivity contribution in [2.75, 3.05) is 17.4 Å². The first-order chi connectivity index (χ1) is 14.2. The summed E-state index contributed by atoms with van der Waals surface area (Å²) in [5, 5.41) is 16.0. The van der Waals surface area contributed by atoms with E-state index in [9.17, 15) is 5.11 Å². The second kappa shape index (κ2) is 7.12. The number of fused-ring (bicyclic) bond motifs is 2. The Morgan fingerprint density at radius 3 is 2.93 bits per heavy atom. The first kappa shape index (κ1) is 17.5. The summed E-state index contributed by atoms with van der Waals surface area (Å²) in [6.45, 7) is 0.00375. The summed E-state index contributed by atoms with van der Waals surface area (Å²) in [6, 6.07) is 10.8. The molecule has 0 radical (unpaired) electrons. The van der Waals surface area contributed by atoms with E-state index < -0.39 is 0 Å². The predicted octanol–water partition coefficient (Wildman–Crippen LogP) is 3.71. The molecule has 0 spiro atoms. The fraction of sp³-hybridized carbons (Fsp3) is 0.105. The fourth-order valence-corrected chi connectivity index (χ4v) is 3.22. The topological polar surface area (TPSA) is 117 Å². The van der Waals surface area contributed by atoms with Gasteiger partial charge in [0.25, 0.3) is 0 Å². The van der Waals surface area contributed by atoms with E-state index in [1.54, 1.807) is 24.4 Å². The molecule has 3 heterocycles. The molecule has 2 aromatic carbocycles. The van der Waals surface area contributed by atoms with Crippen LogP contribution in [0.15, 0.2) is 42.6 Å². The third-order valence-electron chi connectivity index (χ3n) is 4.33. The highest BCUT2D eigenvalue weighted by Gasteiger charge is 2.21. The van der Waals surface area contributed by atoms with E-state index in [4.69, 9.17) is 21.1 Å². The van der Waals surface area contributed by atoms with Crippen LogP contribution >= 0.6 is 11.6 Å². The lowest BCUT2D eigenvalue weighted by Crippen LogP contribution is -2.01. The van der Waals surface area contributed by atoms with Crippen LogP contribution in [0.1, 0.15) is 5.82 Å². The molecule has 29 heavy (non-hydrogen) atoms. The summed E-state index contributed by atoms with van der Waals surface area (Å²) < 4.78 is 10.9. The van der Waals surface area contributed by atoms with Crippen LogP contribution in [-0.2, 0) is 6.61 Å². The van der Waals surface area contributed by atoms with Gasteiger partial charge in [-0.15, -0.1) is 0 Å². The Kier molecular flexibility index (Phi) is 4.30. The van der Waals surface area contributed by atoms with Gasteiger partial charge in [-0.1, -0.05) is 11.6 Å². The summed E-state index contributed by atoms with van der Waals surface area (Å²) in [4.78, 5) is 16.1. The first-order valence-corrected chi connectivity index (χ1v) is 9.12. The Morgan fingerprint density at radius 2 is 2.03 bits per heavy atom. The molecular formula is C19H15ClN6O3. The van der Waals surface area contributed by atoms with Gasteiger partial charge in [-0.3, -0.25) is 0 Å². The van der Waals surface area contributed by atoms with Gasteiger partial charge in [-0.25, -0.2) is 9.97 Å². The number of ether oxygens (including phenoxy) is 2. The van der Waals surface area contributed by atoms with Crippen molar-refractivity contribution < 1.29 is 14.6 Å². The number of halogens is 1. The zero-order valence-electron chi connectivity index (χ0n) is 14.9. The lowest BCUT2D eigenvalue weighted by atomic mass is 10.2. The summed E-state index contributed by atoms with van der Waals surface area (Å²) >= 11 is 6.31. The quantitative estimate of drug-likeness (QED) is 0.393. The molecule has 1 aliphatic heterocycles. The Morgan fingerprint density at radius 1 is 1.10 bits per heavy atom. The number of H-pyrrole nitrogens is 1. The number of imidazole rings is 1. The average molecular weight is 411 g/mol. The molecule has 4 aromatic rings. The molecule has 9 nitrogen and oxygen atoms in total. The van der Waals surface area contributed by atoms with Crippen LogP contribution in [0, 0.1) is 0 Å². The maximum absolute atomic E-state index is 9.21. The van der Waals surface area contributed by atoms with Crippen molar-refractivity contribution in [3.8, 4) is 11.5 Å². The molecule has 0 aliphatic carbocycles. The van der Waals surface area contributed by atoms with Crippen LogP contribution < -0.4 is 20.1 Å². The summed E-state index contributed by atoms with van der Waals surface area (Å²) in [6.07, 6.45) is 1.63. The Balaban J connectivity index is 1.40. The van der Waals surface area contributed by atoms with E-state index in [0.717, 1.165) is 16.7 Å². The third-order valence-corrected chi connectivity index (χ3v) is 4.65. The van der Waals surface area contributed by atoms with Gasteiger partial charge in [-0.2, -0.15) is 4.98 Å². The van der Waals surface area contributed by atoms with Gasteiger partial charge in [0.05, 0.1) is 16.1 Å². The summed E-state index contributed by atoms with van der Waals surface area (Å²) in [7, 11) is 0. The van der Waals surface area contributed by atoms with Gasteiger partial charge in [0, 0.05) is 11.9 Å². The van der Waals surface area contributed by atoms with Crippen molar-refractivity contribution in [2.24, 2.45) is 0 Å². The molecule has 1 aliphatic rings. The van der Waals surface area contributed by atoms with Gasteiger partial charge >= 0.3 is 0 Å². The standard InChI is InChI=1S/C19H15ClN6O3/c20-11-2-4-14-18(29-9-28-14)17(11)25-15-5-6-21-19(26-15)22-10-1-3-12-13(7-10)24-16(8-27)23-12/h1-7,27H,8-9H2,(H,23,24)(H2,21,22,25,26). The number of hydrogen-bond acceptors (Lipinski definition) is 8. The molecule has 10 heteroatoms. The number of aliphatic hydroxyl groups is 1. The molecule has 0 bridgehead atoms. The van der Waals surface area contributed by atoms with Crippen LogP contribution in [-0.4, -0.2) is 31.8 Å². The van der Waals surface area contributed by atoms with Crippen LogP contribution in [0.2, 0.25) is 5.02 Å². The van der Waals surface area contributed by atoms with Gasteiger partial charge in [-0.05, 0) is 36.4 Å². The number of anilines is 4. The molecule has 0 unspecified atom stereocenters. The Hall–Kier alpha value is -3.56. The van der Waals surface area contributed by atoms with Crippen molar-refractivity contribution >= 4 is 45.8 Å². The number of nitrogens with one attached hydrogen (secondary N) is 3. The van der Waals surface area contributed by atoms with Crippen molar-refractivity contribution in [1.82, 2.24) is 19.9 Å². The lowest BCUT2D eigenvalue weighted by Gasteiger charge is -2.11. The van der Waals surface area contributed by atoms with Crippen molar-refractivity contribution in [3.63, 3.8) is 0 Å². The van der Waals surface area contributed by atoms with Gasteiger partial charge in [0.2, 0.25) is 12.7 Å². The average Bonchev–Trinajstić information content (AvgIpc) is 3.36. The maximum atomic E-state index is 9.21. The number of aromatic amines is 1. The number of benzene rings is 2. The van der Waals surface area contributed by atoms with E-state index in [0.29, 0.717) is 39.8 Å². The minimum atomic E-state index is -0.144. The Bertz CT molecular complexity index is 1210. The van der Waals surface area contributed by atoms with Crippen molar-refractivity contribution in [1.29, 1.82) is 0 Å². The molecule has 0 fully saturated rings. The van der Waals surface area contributed by atoms with E-state index >= 15 is 0 Å². The van der Waals surface area contributed by atoms with Gasteiger partial charge in [0.1, 0.15) is 23.9 Å². The van der Waals surface area contributed by atoms with Crippen LogP contribution in [0.3, 0.4) is 0 Å². The monoisotopic (exact) mass is 410 g/mol. The molecule has 0 atom stereocenters. The van der Waals surface area contributed by atoms with Crippen molar-refractivity contribution in [3.05, 3.63) is 53.4 Å². The number of nitrogens with zero attached hydrogens (tertiary/aromatic N) is 3. The highest BCUT2D eigenvalue weighted by Crippen LogP contribution is 2.44. The highest BCUT2D eigenvalue weighted by atomic mass is 35.5. The molecule has 2 aromatic heterocycles. The predicted molar refractivity (Wildman–Crippen MR) is 108 cm³/mol. The normalized spacial score (nSPS) is 12.3. The van der Waals surface area contributed by atoms with Gasteiger partial charge in [0.15, 0.2) is 11.5 Å². The first-order valence-electron chi connectivity index (χ1n) is 8.74. The maximum Gasteiger partial charge on any atom is 0.231 e. The minimum absolute atomic E-state index is 0.144. The van der Waals surface area contributed by atoms with E-state index in [1.165, 1.54) is 0 Å². The fourth-order valence-electron chi connectivity index (χ4n) is 3.03. The molecule has 0 saturated heterocycles. The number of hydrogen-bond donors (Lipinski definition) is 4. The van der Waals surface area contributed by atoms with E-state index in [2.05, 4.69) is 30.6 Å². The SMILES string of the molecule is OCc1nc2ccc(Nc3nccc(Nc4c(Cl)ccc5c4OCO5)n3)cc2[nH]1. The van der Waals surface area contributed by atoms with Crippen LogP contribution in [0.25, 0.3) is 11.0 Å². The second-order valence-corrected chi connectivity index (χ2v) is 6.65. The molecule has 0 saturated carbocycles. The molecule has 0 amide bonds. The van der Waals surface area contributed by atoms with E-state index in [1.807, 2.05) is 18.2 Å². The molecule has 4 N–H and O–H groups in total. The zero-order valence-corrected chi connectivity index (χ0v) is 15.7. The van der Waals surface area contributed by atoms with Crippen LogP contribution in [0.5, 0.6) is 11.5 Å². The van der Waals surface area contributed by atoms with E-state index in [-0.39, 0.29) is 13.4 Å². The zero-order chi connectivity index (χ0) is 19.8. The Labute approximate surface area is 169 Å². The second-order valence-electron chi connectivity index (χ2n) is 6.25. The largest absolute Gasteiger partial charge is 0.454 e. The van der Waals surface area contributed by atoms with Gasteiger partial charge < -0.3 is 30.2 Å². The number of rotatable bonds is 5. The molecular weight excluding hydrogens is 396 g/mol. The van der Waals surface area contributed by atoms with Crippen LogP contribution in [0.4, 0.5) is 23.1 Å². The lowest BCUT2D eigenvalue weighted by molar-refractivity contribution is 0.174. The number of aliphatic hydroxyl groups excluding tert-OH is 1. The number of aromatic nitrogens is 4. The summed E-state index contributed by atoms with van der Waals surface area (Å²) in [5.41, 5.74) is 2.93. The highest BCUT2D eigenvalue weighted by molar-refractivity contribution is 6.33. The summed E-state index contributed by atoms with van der Waals surface area (Å²) in [5.74, 6) is 2.63.